The van der Waals surface area contributed by atoms with E-state index in [0.29, 0.717) is 11.8 Å². The van der Waals surface area contributed by atoms with Crippen molar-refractivity contribution in [1.29, 1.82) is 5.26 Å². The molecule has 0 heterocycles. The van der Waals surface area contributed by atoms with Crippen LogP contribution in [0.2, 0.25) is 0 Å². The summed E-state index contributed by atoms with van der Waals surface area (Å²) in [4.78, 5) is 0. The highest BCUT2D eigenvalue weighted by atomic mass is 16.3. The molecule has 0 unspecified atom stereocenters. The van der Waals surface area contributed by atoms with E-state index in [0.717, 1.165) is 24.8 Å². The van der Waals surface area contributed by atoms with Crippen molar-refractivity contribution in [3.05, 3.63) is 29.8 Å². The Labute approximate surface area is 102 Å². The molecule has 2 N–H and O–H groups in total. The van der Waals surface area contributed by atoms with E-state index in [2.05, 4.69) is 18.3 Å². The van der Waals surface area contributed by atoms with Crippen molar-refractivity contribution in [3.63, 3.8) is 0 Å². The summed E-state index contributed by atoms with van der Waals surface area (Å²) in [6.07, 6.45) is 3.02. The van der Waals surface area contributed by atoms with Crippen LogP contribution in [0.1, 0.15) is 37.8 Å². The summed E-state index contributed by atoms with van der Waals surface area (Å²) in [6, 6.07) is 10.3. The van der Waals surface area contributed by atoms with Gasteiger partial charge in [-0.1, -0.05) is 12.1 Å². The Kier molecular flexibility index (Phi) is 3.65. The second-order valence-electron chi connectivity index (χ2n) is 4.82. The fraction of sp³-hybridized carbons (Fsp3) is 0.500. The summed E-state index contributed by atoms with van der Waals surface area (Å²) in [7, 11) is 0. The van der Waals surface area contributed by atoms with E-state index in [4.69, 9.17) is 5.26 Å². The van der Waals surface area contributed by atoms with Gasteiger partial charge in [0.2, 0.25) is 0 Å². The van der Waals surface area contributed by atoms with Gasteiger partial charge in [0.1, 0.15) is 5.75 Å². The third kappa shape index (κ3) is 2.98. The predicted octanol–water partition coefficient (Wildman–Crippen LogP) is 2.74. The maximum Gasteiger partial charge on any atom is 0.115 e. The molecule has 0 radical (unpaired) electrons. The van der Waals surface area contributed by atoms with Gasteiger partial charge in [-0.3, -0.25) is 0 Å². The minimum Gasteiger partial charge on any atom is -0.508 e. The van der Waals surface area contributed by atoms with E-state index in [-0.39, 0.29) is 12.0 Å². The number of aromatic hydroxyl groups is 1. The van der Waals surface area contributed by atoms with Crippen LogP contribution in [-0.2, 0) is 0 Å². The van der Waals surface area contributed by atoms with Gasteiger partial charge in [-0.25, -0.2) is 0 Å². The number of hydrogen-bond donors (Lipinski definition) is 2. The van der Waals surface area contributed by atoms with Gasteiger partial charge in [0, 0.05) is 18.0 Å². The molecule has 0 aromatic heterocycles. The standard InChI is InChI=1S/C14H18N2O/c1-10(12-3-2-4-14(17)8-12)16-13-6-5-11(7-13)9-15/h2-4,8,10-11,13,16-17H,5-7H2,1H3/t10-,11+,13+/m0/s1. The van der Waals surface area contributed by atoms with Crippen LogP contribution in [-0.4, -0.2) is 11.1 Å². The van der Waals surface area contributed by atoms with E-state index >= 15 is 0 Å². The van der Waals surface area contributed by atoms with Gasteiger partial charge in [-0.15, -0.1) is 0 Å². The Morgan fingerprint density at radius 1 is 1.47 bits per heavy atom. The predicted molar refractivity (Wildman–Crippen MR) is 66.4 cm³/mol. The maximum atomic E-state index is 9.43. The molecule has 3 heteroatoms. The number of benzene rings is 1. The zero-order valence-electron chi connectivity index (χ0n) is 10.1. The smallest absolute Gasteiger partial charge is 0.115 e. The van der Waals surface area contributed by atoms with Crippen LogP contribution in [0.3, 0.4) is 0 Å². The molecular formula is C14H18N2O. The minimum absolute atomic E-state index is 0.212. The molecule has 1 aliphatic carbocycles. The molecule has 0 saturated heterocycles. The van der Waals surface area contributed by atoms with Crippen molar-refractivity contribution in [1.82, 2.24) is 5.32 Å². The molecule has 17 heavy (non-hydrogen) atoms. The number of phenolic OH excluding ortho intramolecular Hbond substituents is 1. The van der Waals surface area contributed by atoms with Crippen LogP contribution >= 0.6 is 0 Å². The lowest BCUT2D eigenvalue weighted by molar-refractivity contribution is 0.448. The lowest BCUT2D eigenvalue weighted by atomic mass is 10.1. The number of nitrogens with one attached hydrogen (secondary N) is 1. The number of nitriles is 1. The van der Waals surface area contributed by atoms with Gasteiger partial charge in [0.15, 0.2) is 0 Å². The Hall–Kier alpha value is -1.53. The van der Waals surface area contributed by atoms with Crippen LogP contribution in [0.5, 0.6) is 5.75 Å². The SMILES string of the molecule is C[C@H](N[C@@H]1CC[C@@H](C#N)C1)c1cccc(O)c1. The summed E-state index contributed by atoms with van der Waals surface area (Å²) < 4.78 is 0. The monoisotopic (exact) mass is 230 g/mol. The highest BCUT2D eigenvalue weighted by Crippen LogP contribution is 2.27. The second-order valence-corrected chi connectivity index (χ2v) is 4.82. The number of phenols is 1. The molecule has 0 amide bonds. The fourth-order valence-electron chi connectivity index (χ4n) is 2.49. The van der Waals surface area contributed by atoms with Gasteiger partial charge in [0.05, 0.1) is 6.07 Å². The van der Waals surface area contributed by atoms with Gasteiger partial charge < -0.3 is 10.4 Å². The first-order valence-corrected chi connectivity index (χ1v) is 6.13. The molecule has 90 valence electrons. The summed E-state index contributed by atoms with van der Waals surface area (Å²) in [5, 5.41) is 21.8. The molecule has 1 aromatic carbocycles. The maximum absolute atomic E-state index is 9.43. The largest absolute Gasteiger partial charge is 0.508 e. The molecule has 0 spiro atoms. The summed E-state index contributed by atoms with van der Waals surface area (Å²) in [5.74, 6) is 0.515. The average molecular weight is 230 g/mol. The van der Waals surface area contributed by atoms with Crippen LogP contribution in [0, 0.1) is 17.2 Å². The molecular weight excluding hydrogens is 212 g/mol. The lowest BCUT2D eigenvalue weighted by Gasteiger charge is -2.19. The van der Waals surface area contributed by atoms with E-state index in [1.807, 2.05) is 12.1 Å². The lowest BCUT2D eigenvalue weighted by Crippen LogP contribution is -2.29. The van der Waals surface area contributed by atoms with E-state index in [9.17, 15) is 5.11 Å². The zero-order valence-corrected chi connectivity index (χ0v) is 10.1. The topological polar surface area (TPSA) is 56.0 Å². The number of nitrogens with zero attached hydrogens (tertiary/aromatic N) is 1. The molecule has 1 fully saturated rings. The van der Waals surface area contributed by atoms with Crippen LogP contribution in [0.25, 0.3) is 0 Å². The van der Waals surface area contributed by atoms with Crippen molar-refractivity contribution in [3.8, 4) is 11.8 Å². The molecule has 0 bridgehead atoms. The first-order chi connectivity index (χ1) is 8.19. The van der Waals surface area contributed by atoms with Crippen molar-refractivity contribution in [2.75, 3.05) is 0 Å². The molecule has 1 aromatic rings. The minimum atomic E-state index is 0.212. The number of rotatable bonds is 3. The van der Waals surface area contributed by atoms with Gasteiger partial charge >= 0.3 is 0 Å². The summed E-state index contributed by atoms with van der Waals surface area (Å²) >= 11 is 0. The second kappa shape index (κ2) is 5.20. The zero-order chi connectivity index (χ0) is 12.3. The molecule has 1 saturated carbocycles. The molecule has 0 aliphatic heterocycles. The van der Waals surface area contributed by atoms with Crippen molar-refractivity contribution < 1.29 is 5.11 Å². The third-order valence-electron chi connectivity index (χ3n) is 3.47. The molecule has 2 rings (SSSR count). The third-order valence-corrected chi connectivity index (χ3v) is 3.47. The molecule has 3 atom stereocenters. The first kappa shape index (κ1) is 11.9. The Morgan fingerprint density at radius 3 is 2.94 bits per heavy atom. The average Bonchev–Trinajstić information content (AvgIpc) is 2.77. The Bertz CT molecular complexity index is 424. The summed E-state index contributed by atoms with van der Waals surface area (Å²) in [6.45, 7) is 2.09. The van der Waals surface area contributed by atoms with Crippen LogP contribution in [0.15, 0.2) is 24.3 Å². The van der Waals surface area contributed by atoms with Gasteiger partial charge in [0.25, 0.3) is 0 Å². The van der Waals surface area contributed by atoms with Crippen molar-refractivity contribution in [2.45, 2.75) is 38.3 Å². The fourth-order valence-corrected chi connectivity index (χ4v) is 2.49. The highest BCUT2D eigenvalue weighted by Gasteiger charge is 2.25. The Balaban J connectivity index is 1.94. The van der Waals surface area contributed by atoms with Gasteiger partial charge in [-0.05, 0) is 43.9 Å². The van der Waals surface area contributed by atoms with Crippen LogP contribution < -0.4 is 5.32 Å². The van der Waals surface area contributed by atoms with Crippen molar-refractivity contribution in [2.24, 2.45) is 5.92 Å². The van der Waals surface area contributed by atoms with E-state index in [1.54, 1.807) is 12.1 Å². The summed E-state index contributed by atoms with van der Waals surface area (Å²) in [5.41, 5.74) is 1.09. The van der Waals surface area contributed by atoms with E-state index in [1.165, 1.54) is 0 Å². The molecule has 3 nitrogen and oxygen atoms in total. The van der Waals surface area contributed by atoms with E-state index < -0.39 is 0 Å². The van der Waals surface area contributed by atoms with Gasteiger partial charge in [-0.2, -0.15) is 5.26 Å². The molecule has 1 aliphatic rings. The quantitative estimate of drug-likeness (QED) is 0.839. The van der Waals surface area contributed by atoms with Crippen molar-refractivity contribution >= 4 is 0 Å². The first-order valence-electron chi connectivity index (χ1n) is 6.13. The highest BCUT2D eigenvalue weighted by molar-refractivity contribution is 5.29. The number of hydrogen-bond acceptors (Lipinski definition) is 3. The van der Waals surface area contributed by atoms with Crippen LogP contribution in [0.4, 0.5) is 0 Å². The Morgan fingerprint density at radius 2 is 2.29 bits per heavy atom. The normalized spacial score (nSPS) is 25.4.